The van der Waals surface area contributed by atoms with Crippen LogP contribution in [0.2, 0.25) is 0 Å². The lowest BCUT2D eigenvalue weighted by atomic mass is 10.0. The Labute approximate surface area is 125 Å². The van der Waals surface area contributed by atoms with Gasteiger partial charge in [0, 0.05) is 16.9 Å². The van der Waals surface area contributed by atoms with Crippen LogP contribution in [0, 0.1) is 18.8 Å². The predicted octanol–water partition coefficient (Wildman–Crippen LogP) is 2.18. The number of rotatable bonds is 4. The van der Waals surface area contributed by atoms with Crippen LogP contribution in [0.25, 0.3) is 0 Å². The average Bonchev–Trinajstić information content (AvgIpc) is 2.42. The number of hydrogen-bond donors (Lipinski definition) is 2. The summed E-state index contributed by atoms with van der Waals surface area (Å²) in [6.45, 7) is 7.08. The van der Waals surface area contributed by atoms with Gasteiger partial charge >= 0.3 is 0 Å². The van der Waals surface area contributed by atoms with Crippen molar-refractivity contribution >= 4 is 17.7 Å². The maximum atomic E-state index is 12.3. The van der Waals surface area contributed by atoms with E-state index in [0.717, 1.165) is 11.1 Å². The molecule has 0 fully saturated rings. The van der Waals surface area contributed by atoms with E-state index >= 15 is 0 Å². The number of carbonyl (C=O) groups excluding carboxylic acids is 1. The highest BCUT2D eigenvalue weighted by Gasteiger charge is 2.18. The van der Waals surface area contributed by atoms with Gasteiger partial charge in [-0.2, -0.15) is 11.8 Å². The SMILES string of the molecule is CSC(C)(C)CNC(=O)c1ccc(C)cc1C#CCN. The van der Waals surface area contributed by atoms with Gasteiger partial charge in [-0.15, -0.1) is 0 Å². The molecule has 108 valence electrons. The molecule has 4 heteroatoms. The molecular formula is C16H22N2OS. The maximum absolute atomic E-state index is 12.3. The third-order valence-corrected chi connectivity index (χ3v) is 4.22. The first kappa shape index (κ1) is 16.6. The lowest BCUT2D eigenvalue weighted by molar-refractivity contribution is 0.0950. The highest BCUT2D eigenvalue weighted by atomic mass is 32.2. The fourth-order valence-electron chi connectivity index (χ4n) is 1.57. The van der Waals surface area contributed by atoms with E-state index in [1.807, 2.05) is 31.4 Å². The molecule has 0 spiro atoms. The van der Waals surface area contributed by atoms with Crippen LogP contribution in [0.4, 0.5) is 0 Å². The summed E-state index contributed by atoms with van der Waals surface area (Å²) in [5.41, 5.74) is 7.81. The molecule has 0 saturated carbocycles. The average molecular weight is 290 g/mol. The van der Waals surface area contributed by atoms with Crippen molar-refractivity contribution < 1.29 is 4.79 Å². The minimum absolute atomic E-state index is 0.0173. The molecule has 0 atom stereocenters. The molecule has 0 radical (unpaired) electrons. The molecule has 1 aromatic rings. The van der Waals surface area contributed by atoms with Gasteiger partial charge in [-0.05, 0) is 44.7 Å². The fraction of sp³-hybridized carbons (Fsp3) is 0.438. The normalized spacial score (nSPS) is 10.7. The summed E-state index contributed by atoms with van der Waals surface area (Å²) in [6, 6.07) is 5.65. The number of benzene rings is 1. The van der Waals surface area contributed by atoms with Crippen LogP contribution in [0.5, 0.6) is 0 Å². The zero-order valence-corrected chi connectivity index (χ0v) is 13.4. The zero-order valence-electron chi connectivity index (χ0n) is 12.5. The van der Waals surface area contributed by atoms with Crippen molar-refractivity contribution in [3.8, 4) is 11.8 Å². The molecule has 0 aromatic heterocycles. The Kier molecular flexibility index (Phi) is 6.12. The number of nitrogens with one attached hydrogen (secondary N) is 1. The smallest absolute Gasteiger partial charge is 0.252 e. The van der Waals surface area contributed by atoms with E-state index in [2.05, 4.69) is 31.0 Å². The van der Waals surface area contributed by atoms with Gasteiger partial charge in [0.2, 0.25) is 0 Å². The van der Waals surface area contributed by atoms with Gasteiger partial charge in [-0.1, -0.05) is 17.9 Å². The number of carbonyl (C=O) groups is 1. The van der Waals surface area contributed by atoms with Crippen molar-refractivity contribution in [2.75, 3.05) is 19.3 Å². The summed E-state index contributed by atoms with van der Waals surface area (Å²) in [4.78, 5) is 12.3. The third-order valence-electron chi connectivity index (χ3n) is 2.97. The Hall–Kier alpha value is -1.44. The topological polar surface area (TPSA) is 55.1 Å². The predicted molar refractivity (Wildman–Crippen MR) is 87.0 cm³/mol. The quantitative estimate of drug-likeness (QED) is 0.836. The molecule has 1 aromatic carbocycles. The lowest BCUT2D eigenvalue weighted by Gasteiger charge is -2.22. The van der Waals surface area contributed by atoms with Gasteiger partial charge in [-0.25, -0.2) is 0 Å². The molecule has 0 saturated heterocycles. The molecule has 3 nitrogen and oxygen atoms in total. The second kappa shape index (κ2) is 7.37. The summed E-state index contributed by atoms with van der Waals surface area (Å²) in [6.07, 6.45) is 2.04. The summed E-state index contributed by atoms with van der Waals surface area (Å²) in [5, 5.41) is 2.97. The lowest BCUT2D eigenvalue weighted by Crippen LogP contribution is -2.36. The standard InChI is InChI=1S/C16H22N2OS/c1-12-7-8-14(13(10-12)6-5-9-17)15(19)18-11-16(2,3)20-4/h7-8,10H,9,11,17H2,1-4H3,(H,18,19). The van der Waals surface area contributed by atoms with Crippen molar-refractivity contribution in [3.63, 3.8) is 0 Å². The first-order chi connectivity index (χ1) is 9.39. The summed E-state index contributed by atoms with van der Waals surface area (Å²) >= 11 is 1.73. The van der Waals surface area contributed by atoms with E-state index < -0.39 is 0 Å². The van der Waals surface area contributed by atoms with Gasteiger partial charge < -0.3 is 11.1 Å². The number of nitrogens with two attached hydrogens (primary N) is 1. The van der Waals surface area contributed by atoms with E-state index in [9.17, 15) is 4.79 Å². The van der Waals surface area contributed by atoms with Crippen molar-refractivity contribution in [1.29, 1.82) is 0 Å². The van der Waals surface area contributed by atoms with Crippen LogP contribution >= 0.6 is 11.8 Å². The minimum atomic E-state index is -0.0894. The second-order valence-electron chi connectivity index (χ2n) is 5.20. The Balaban J connectivity index is 2.92. The van der Waals surface area contributed by atoms with Crippen molar-refractivity contribution in [3.05, 3.63) is 34.9 Å². The van der Waals surface area contributed by atoms with E-state index in [1.54, 1.807) is 11.8 Å². The largest absolute Gasteiger partial charge is 0.351 e. The van der Waals surface area contributed by atoms with E-state index in [4.69, 9.17) is 5.73 Å². The summed E-state index contributed by atoms with van der Waals surface area (Å²) < 4.78 is 0.0173. The number of amides is 1. The molecule has 0 aliphatic carbocycles. The zero-order chi connectivity index (χ0) is 15.2. The Morgan fingerprint density at radius 2 is 2.15 bits per heavy atom. The van der Waals surface area contributed by atoms with E-state index in [-0.39, 0.29) is 17.2 Å². The van der Waals surface area contributed by atoms with Crippen LogP contribution in [-0.4, -0.2) is 30.0 Å². The van der Waals surface area contributed by atoms with Crippen molar-refractivity contribution in [2.24, 2.45) is 5.73 Å². The second-order valence-corrected chi connectivity index (χ2v) is 6.71. The number of hydrogen-bond acceptors (Lipinski definition) is 3. The van der Waals surface area contributed by atoms with Gasteiger partial charge in [0.1, 0.15) is 0 Å². The van der Waals surface area contributed by atoms with Gasteiger partial charge in [0.05, 0.1) is 12.1 Å². The first-order valence-corrected chi connectivity index (χ1v) is 7.75. The maximum Gasteiger partial charge on any atom is 0.252 e. The van der Waals surface area contributed by atoms with E-state index in [0.29, 0.717) is 12.1 Å². The summed E-state index contributed by atoms with van der Waals surface area (Å²) in [5.74, 6) is 5.68. The molecule has 3 N–H and O–H groups in total. The molecule has 0 unspecified atom stereocenters. The first-order valence-electron chi connectivity index (χ1n) is 6.52. The highest BCUT2D eigenvalue weighted by molar-refractivity contribution is 7.99. The van der Waals surface area contributed by atoms with Crippen LogP contribution in [-0.2, 0) is 0 Å². The monoisotopic (exact) mass is 290 g/mol. The van der Waals surface area contributed by atoms with Crippen LogP contribution in [0.15, 0.2) is 18.2 Å². The Bertz CT molecular complexity index is 541. The third kappa shape index (κ3) is 4.92. The fourth-order valence-corrected chi connectivity index (χ4v) is 1.78. The highest BCUT2D eigenvalue weighted by Crippen LogP contribution is 2.20. The van der Waals surface area contributed by atoms with Crippen molar-refractivity contribution in [1.82, 2.24) is 5.32 Å². The molecule has 1 rings (SSSR count). The molecule has 0 heterocycles. The number of aryl methyl sites for hydroxylation is 1. The van der Waals surface area contributed by atoms with Gasteiger partial charge in [0.15, 0.2) is 0 Å². The molecule has 0 aliphatic rings. The number of thioether (sulfide) groups is 1. The van der Waals surface area contributed by atoms with Crippen LogP contribution < -0.4 is 11.1 Å². The van der Waals surface area contributed by atoms with Crippen LogP contribution in [0.3, 0.4) is 0 Å². The molecule has 0 aliphatic heterocycles. The Morgan fingerprint density at radius 3 is 2.75 bits per heavy atom. The molecule has 0 bridgehead atoms. The summed E-state index contributed by atoms with van der Waals surface area (Å²) in [7, 11) is 0. The van der Waals surface area contributed by atoms with Gasteiger partial charge in [0.25, 0.3) is 5.91 Å². The van der Waals surface area contributed by atoms with Crippen LogP contribution in [0.1, 0.15) is 35.3 Å². The van der Waals surface area contributed by atoms with E-state index in [1.165, 1.54) is 0 Å². The molecular weight excluding hydrogens is 268 g/mol. The van der Waals surface area contributed by atoms with Gasteiger partial charge in [-0.3, -0.25) is 4.79 Å². The molecule has 20 heavy (non-hydrogen) atoms. The molecule has 1 amide bonds. The minimum Gasteiger partial charge on any atom is -0.351 e. The van der Waals surface area contributed by atoms with Crippen molar-refractivity contribution in [2.45, 2.75) is 25.5 Å². The Morgan fingerprint density at radius 1 is 1.45 bits per heavy atom.